The number of carboxylic acids is 1. The van der Waals surface area contributed by atoms with Crippen LogP contribution in [0.3, 0.4) is 0 Å². The highest BCUT2D eigenvalue weighted by atomic mass is 16.4. The van der Waals surface area contributed by atoms with Crippen LogP contribution in [0.15, 0.2) is 48.5 Å². The first-order valence-electron chi connectivity index (χ1n) is 6.68. The van der Waals surface area contributed by atoms with E-state index < -0.39 is 11.4 Å². The zero-order chi connectivity index (χ0) is 14.8. The van der Waals surface area contributed by atoms with Gasteiger partial charge in [-0.25, -0.2) is 0 Å². The van der Waals surface area contributed by atoms with Crippen molar-refractivity contribution in [3.8, 4) is 0 Å². The molecule has 2 rings (SSSR count). The molecule has 2 aromatic rings. The number of carbonyl (C=O) groups is 1. The van der Waals surface area contributed by atoms with E-state index in [1.807, 2.05) is 30.3 Å². The van der Waals surface area contributed by atoms with E-state index in [-0.39, 0.29) is 0 Å². The van der Waals surface area contributed by atoms with Gasteiger partial charge in [-0.15, -0.1) is 0 Å². The number of nitrogens with two attached hydrogens (primary N) is 1. The number of aliphatic carboxylic acids is 1. The first kappa shape index (κ1) is 14.1. The van der Waals surface area contributed by atoms with Crippen LogP contribution in [-0.2, 0) is 16.6 Å². The minimum absolute atomic E-state index is 0.497. The molecule has 1 atom stereocenters. The number of hydrogen-bond donors (Lipinski definition) is 2. The van der Waals surface area contributed by atoms with Crippen molar-refractivity contribution in [1.29, 1.82) is 0 Å². The molecule has 0 aliphatic carbocycles. The van der Waals surface area contributed by atoms with Crippen LogP contribution in [-0.4, -0.2) is 11.1 Å². The second-order valence-electron chi connectivity index (χ2n) is 5.07. The van der Waals surface area contributed by atoms with E-state index in [1.165, 1.54) is 5.56 Å². The maximum Gasteiger partial charge on any atom is 0.318 e. The van der Waals surface area contributed by atoms with Gasteiger partial charge in [-0.3, -0.25) is 4.79 Å². The predicted octanol–water partition coefficient (Wildman–Crippen LogP) is 3.22. The van der Waals surface area contributed by atoms with Gasteiger partial charge >= 0.3 is 5.97 Å². The Morgan fingerprint density at radius 3 is 2.25 bits per heavy atom. The smallest absolute Gasteiger partial charge is 0.318 e. The highest BCUT2D eigenvalue weighted by molar-refractivity contribution is 5.87. The molecule has 0 aromatic heterocycles. The highest BCUT2D eigenvalue weighted by Crippen LogP contribution is 2.35. The Hall–Kier alpha value is -2.29. The topological polar surface area (TPSA) is 63.3 Å². The molecule has 0 saturated carbocycles. The molecule has 0 radical (unpaired) electrons. The van der Waals surface area contributed by atoms with E-state index in [0.717, 1.165) is 12.0 Å². The fourth-order valence-electron chi connectivity index (χ4n) is 2.42. The van der Waals surface area contributed by atoms with Crippen molar-refractivity contribution in [3.63, 3.8) is 0 Å². The molecule has 104 valence electrons. The van der Waals surface area contributed by atoms with Crippen molar-refractivity contribution in [2.24, 2.45) is 0 Å². The quantitative estimate of drug-likeness (QED) is 0.838. The molecule has 0 spiro atoms. The lowest BCUT2D eigenvalue weighted by atomic mass is 9.75. The van der Waals surface area contributed by atoms with Crippen LogP contribution in [0.5, 0.6) is 0 Å². The molecule has 0 aliphatic heterocycles. The summed E-state index contributed by atoms with van der Waals surface area (Å²) < 4.78 is 0. The minimum Gasteiger partial charge on any atom is -0.480 e. The van der Waals surface area contributed by atoms with E-state index in [2.05, 4.69) is 6.92 Å². The van der Waals surface area contributed by atoms with Crippen LogP contribution in [0.4, 0.5) is 5.69 Å². The fourth-order valence-corrected chi connectivity index (χ4v) is 2.42. The monoisotopic (exact) mass is 269 g/mol. The molecule has 3 nitrogen and oxygen atoms in total. The third-order valence-corrected chi connectivity index (χ3v) is 3.87. The van der Waals surface area contributed by atoms with Crippen LogP contribution in [0.2, 0.25) is 0 Å². The second kappa shape index (κ2) is 5.37. The number of para-hydroxylation sites is 1. The third kappa shape index (κ3) is 2.27. The number of rotatable bonds is 4. The summed E-state index contributed by atoms with van der Waals surface area (Å²) in [5.74, 6) is -0.903. The molecule has 3 N–H and O–H groups in total. The zero-order valence-electron chi connectivity index (χ0n) is 11.8. The van der Waals surface area contributed by atoms with E-state index in [0.29, 0.717) is 11.3 Å². The van der Waals surface area contributed by atoms with Crippen molar-refractivity contribution in [1.82, 2.24) is 0 Å². The number of nitrogen functional groups attached to an aromatic ring is 1. The lowest BCUT2D eigenvalue weighted by Gasteiger charge is -2.27. The summed E-state index contributed by atoms with van der Waals surface area (Å²) in [7, 11) is 0. The number of aryl methyl sites for hydroxylation is 1. The van der Waals surface area contributed by atoms with Crippen molar-refractivity contribution in [2.45, 2.75) is 25.7 Å². The Morgan fingerprint density at radius 1 is 1.15 bits per heavy atom. The molecule has 1 unspecified atom stereocenters. The van der Waals surface area contributed by atoms with Gasteiger partial charge in [0.1, 0.15) is 5.41 Å². The Kier molecular flexibility index (Phi) is 3.79. The van der Waals surface area contributed by atoms with Gasteiger partial charge in [0.15, 0.2) is 0 Å². The first-order valence-corrected chi connectivity index (χ1v) is 6.68. The van der Waals surface area contributed by atoms with Crippen LogP contribution in [0.1, 0.15) is 30.5 Å². The largest absolute Gasteiger partial charge is 0.480 e. The number of hydrogen-bond acceptors (Lipinski definition) is 2. The van der Waals surface area contributed by atoms with Crippen molar-refractivity contribution in [2.75, 3.05) is 5.73 Å². The van der Waals surface area contributed by atoms with E-state index in [4.69, 9.17) is 5.73 Å². The van der Waals surface area contributed by atoms with Gasteiger partial charge in [0, 0.05) is 5.69 Å². The molecule has 3 heteroatoms. The molecule has 0 fully saturated rings. The van der Waals surface area contributed by atoms with Gasteiger partial charge in [-0.1, -0.05) is 49.4 Å². The Balaban J connectivity index is 2.60. The van der Waals surface area contributed by atoms with Crippen LogP contribution < -0.4 is 5.73 Å². The fraction of sp³-hybridized carbons (Fsp3) is 0.235. The molecule has 0 aliphatic rings. The summed E-state index contributed by atoms with van der Waals surface area (Å²) in [5.41, 5.74) is 7.87. The van der Waals surface area contributed by atoms with Crippen molar-refractivity contribution >= 4 is 11.7 Å². The molecule has 2 aromatic carbocycles. The van der Waals surface area contributed by atoms with Crippen LogP contribution in [0, 0.1) is 0 Å². The normalized spacial score (nSPS) is 13.7. The lowest BCUT2D eigenvalue weighted by Crippen LogP contribution is -2.34. The third-order valence-electron chi connectivity index (χ3n) is 3.87. The standard InChI is InChI=1S/C17H19NO2/c1-3-12-8-10-13(11-9-12)17(2,16(19)20)14-6-4-5-7-15(14)18/h4-11H,3,18H2,1-2H3,(H,19,20). The summed E-state index contributed by atoms with van der Waals surface area (Å²) >= 11 is 0. The average Bonchev–Trinajstić information content (AvgIpc) is 2.47. The van der Waals surface area contributed by atoms with Gasteiger partial charge in [0.25, 0.3) is 0 Å². The number of carboxylic acid groups (broad SMARTS) is 1. The number of anilines is 1. The molecule has 0 amide bonds. The summed E-state index contributed by atoms with van der Waals surface area (Å²) in [5, 5.41) is 9.73. The summed E-state index contributed by atoms with van der Waals surface area (Å²) in [6, 6.07) is 14.8. The molecular weight excluding hydrogens is 250 g/mol. The van der Waals surface area contributed by atoms with Gasteiger partial charge < -0.3 is 10.8 Å². The summed E-state index contributed by atoms with van der Waals surface area (Å²) in [6.07, 6.45) is 0.928. The van der Waals surface area contributed by atoms with Gasteiger partial charge in [-0.05, 0) is 36.1 Å². The predicted molar refractivity (Wildman–Crippen MR) is 80.8 cm³/mol. The van der Waals surface area contributed by atoms with Gasteiger partial charge in [0.2, 0.25) is 0 Å². The molecule has 20 heavy (non-hydrogen) atoms. The van der Waals surface area contributed by atoms with E-state index >= 15 is 0 Å². The molecule has 0 saturated heterocycles. The minimum atomic E-state index is -1.14. The maximum absolute atomic E-state index is 11.9. The average molecular weight is 269 g/mol. The maximum atomic E-state index is 11.9. The molecule has 0 heterocycles. The Bertz CT molecular complexity index is 619. The van der Waals surface area contributed by atoms with Gasteiger partial charge in [-0.2, -0.15) is 0 Å². The lowest BCUT2D eigenvalue weighted by molar-refractivity contribution is -0.141. The zero-order valence-corrected chi connectivity index (χ0v) is 11.8. The second-order valence-corrected chi connectivity index (χ2v) is 5.07. The Morgan fingerprint density at radius 2 is 1.75 bits per heavy atom. The summed E-state index contributed by atoms with van der Waals surface area (Å²) in [4.78, 5) is 11.9. The van der Waals surface area contributed by atoms with E-state index in [1.54, 1.807) is 25.1 Å². The highest BCUT2D eigenvalue weighted by Gasteiger charge is 2.38. The SMILES string of the molecule is CCc1ccc(C(C)(C(=O)O)c2ccccc2N)cc1. The van der Waals surface area contributed by atoms with E-state index in [9.17, 15) is 9.90 Å². The van der Waals surface area contributed by atoms with Crippen LogP contribution >= 0.6 is 0 Å². The molecule has 0 bridgehead atoms. The molecular formula is C17H19NO2. The van der Waals surface area contributed by atoms with Crippen LogP contribution in [0.25, 0.3) is 0 Å². The van der Waals surface area contributed by atoms with Gasteiger partial charge in [0.05, 0.1) is 0 Å². The Labute approximate surface area is 119 Å². The first-order chi connectivity index (χ1) is 9.50. The van der Waals surface area contributed by atoms with Crippen molar-refractivity contribution in [3.05, 3.63) is 65.2 Å². The van der Waals surface area contributed by atoms with Crippen molar-refractivity contribution < 1.29 is 9.90 Å². The summed E-state index contributed by atoms with van der Waals surface area (Å²) in [6.45, 7) is 3.77. The number of benzene rings is 2.